The Balaban J connectivity index is 1.72. The van der Waals surface area contributed by atoms with Gasteiger partial charge in [-0.25, -0.2) is 0 Å². The first kappa shape index (κ1) is 17.5. The molecule has 0 spiro atoms. The quantitative estimate of drug-likeness (QED) is 0.553. The van der Waals surface area contributed by atoms with E-state index in [4.69, 9.17) is 5.73 Å². The van der Waals surface area contributed by atoms with Crippen molar-refractivity contribution in [1.82, 2.24) is 15.1 Å². The molecule has 1 unspecified atom stereocenters. The zero-order valence-corrected chi connectivity index (χ0v) is 14.7. The van der Waals surface area contributed by atoms with Gasteiger partial charge in [-0.15, -0.1) is 0 Å². The number of aliphatic imine (C=N–C) groups is 1. The lowest BCUT2D eigenvalue weighted by Gasteiger charge is -2.26. The van der Waals surface area contributed by atoms with Crippen molar-refractivity contribution < 1.29 is 0 Å². The van der Waals surface area contributed by atoms with E-state index in [1.165, 1.54) is 45.3 Å². The molecule has 0 radical (unpaired) electrons. The third-order valence-corrected chi connectivity index (χ3v) is 5.00. The molecule has 128 valence electrons. The summed E-state index contributed by atoms with van der Waals surface area (Å²) in [6.07, 6.45) is 5.14. The lowest BCUT2D eigenvalue weighted by atomic mass is 10.1. The van der Waals surface area contributed by atoms with E-state index in [9.17, 15) is 0 Å². The predicted octanol–water partition coefficient (Wildman–Crippen LogP) is 1.50. The molecule has 22 heavy (non-hydrogen) atoms. The molecule has 2 fully saturated rings. The highest BCUT2D eigenvalue weighted by molar-refractivity contribution is 5.77. The fourth-order valence-corrected chi connectivity index (χ4v) is 3.84. The molecule has 5 heteroatoms. The maximum absolute atomic E-state index is 6.07. The van der Waals surface area contributed by atoms with E-state index in [1.807, 2.05) is 0 Å². The van der Waals surface area contributed by atoms with Crippen LogP contribution >= 0.6 is 0 Å². The number of hydrogen-bond donors (Lipinski definition) is 2. The van der Waals surface area contributed by atoms with Crippen LogP contribution in [0.25, 0.3) is 0 Å². The molecular formula is C17H35N5. The topological polar surface area (TPSA) is 56.9 Å². The Kier molecular flexibility index (Phi) is 6.96. The van der Waals surface area contributed by atoms with E-state index in [2.05, 4.69) is 40.9 Å². The molecule has 0 aliphatic carbocycles. The Morgan fingerprint density at radius 3 is 2.55 bits per heavy atom. The zero-order chi connectivity index (χ0) is 15.9. The lowest BCUT2D eigenvalue weighted by Crippen LogP contribution is -2.44. The van der Waals surface area contributed by atoms with Crippen molar-refractivity contribution in [2.75, 3.05) is 39.3 Å². The summed E-state index contributed by atoms with van der Waals surface area (Å²) in [6, 6.07) is 1.21. The first-order valence-electron chi connectivity index (χ1n) is 9.12. The second kappa shape index (κ2) is 8.73. The van der Waals surface area contributed by atoms with Gasteiger partial charge in [0, 0.05) is 25.2 Å². The van der Waals surface area contributed by atoms with E-state index in [0.717, 1.165) is 25.6 Å². The molecule has 2 heterocycles. The standard InChI is InChI=1S/C17H35N5/c1-4-21-9-5-7-15(21)11-19-17(18)20-12-16-8-6-10-22(16)13-14(2)3/h14-16H,4-13H2,1-3H3,(H3,18,19,20)/t15?,16-/m1/s1. The van der Waals surface area contributed by atoms with Gasteiger partial charge >= 0.3 is 0 Å². The van der Waals surface area contributed by atoms with Crippen LogP contribution in [0.2, 0.25) is 0 Å². The van der Waals surface area contributed by atoms with Crippen molar-refractivity contribution in [1.29, 1.82) is 0 Å². The van der Waals surface area contributed by atoms with Crippen LogP contribution in [0.1, 0.15) is 46.5 Å². The summed E-state index contributed by atoms with van der Waals surface area (Å²) >= 11 is 0. The summed E-state index contributed by atoms with van der Waals surface area (Å²) in [7, 11) is 0. The van der Waals surface area contributed by atoms with Crippen LogP contribution < -0.4 is 11.1 Å². The minimum Gasteiger partial charge on any atom is -0.370 e. The molecule has 0 aromatic carbocycles. The van der Waals surface area contributed by atoms with E-state index in [-0.39, 0.29) is 0 Å². The number of nitrogens with one attached hydrogen (secondary N) is 1. The van der Waals surface area contributed by atoms with Crippen molar-refractivity contribution >= 4 is 5.96 Å². The van der Waals surface area contributed by atoms with Crippen molar-refractivity contribution in [3.8, 4) is 0 Å². The maximum Gasteiger partial charge on any atom is 0.188 e. The normalized spacial score (nSPS) is 27.9. The van der Waals surface area contributed by atoms with Crippen LogP contribution in [0.15, 0.2) is 4.99 Å². The molecule has 2 saturated heterocycles. The van der Waals surface area contributed by atoms with Gasteiger partial charge in [-0.3, -0.25) is 14.8 Å². The SMILES string of the molecule is CCN1CCCC1CN=C(N)NC[C@H]1CCCN1CC(C)C. The molecule has 0 saturated carbocycles. The van der Waals surface area contributed by atoms with Crippen molar-refractivity contribution in [2.24, 2.45) is 16.6 Å². The lowest BCUT2D eigenvalue weighted by molar-refractivity contribution is 0.227. The fraction of sp³-hybridized carbons (Fsp3) is 0.941. The Morgan fingerprint density at radius 2 is 1.86 bits per heavy atom. The van der Waals surface area contributed by atoms with Gasteiger partial charge in [-0.1, -0.05) is 20.8 Å². The average Bonchev–Trinajstić information content (AvgIpc) is 3.11. The highest BCUT2D eigenvalue weighted by atomic mass is 15.2. The Morgan fingerprint density at radius 1 is 1.18 bits per heavy atom. The van der Waals surface area contributed by atoms with Crippen molar-refractivity contribution in [2.45, 2.75) is 58.5 Å². The molecule has 2 rings (SSSR count). The summed E-state index contributed by atoms with van der Waals surface area (Å²) in [4.78, 5) is 9.68. The fourth-order valence-electron chi connectivity index (χ4n) is 3.84. The monoisotopic (exact) mass is 309 g/mol. The molecule has 0 amide bonds. The van der Waals surface area contributed by atoms with Gasteiger partial charge in [-0.05, 0) is 51.2 Å². The van der Waals surface area contributed by atoms with Gasteiger partial charge in [0.25, 0.3) is 0 Å². The minimum atomic E-state index is 0.592. The average molecular weight is 310 g/mol. The van der Waals surface area contributed by atoms with E-state index >= 15 is 0 Å². The summed E-state index contributed by atoms with van der Waals surface area (Å²) in [5.41, 5.74) is 6.07. The Labute approximate surface area is 136 Å². The molecule has 2 aliphatic rings. The van der Waals surface area contributed by atoms with Crippen LogP contribution in [-0.4, -0.2) is 67.1 Å². The van der Waals surface area contributed by atoms with Crippen LogP contribution in [-0.2, 0) is 0 Å². The van der Waals surface area contributed by atoms with E-state index in [0.29, 0.717) is 18.0 Å². The van der Waals surface area contributed by atoms with Crippen molar-refractivity contribution in [3.05, 3.63) is 0 Å². The molecule has 0 aromatic rings. The second-order valence-electron chi connectivity index (χ2n) is 7.22. The maximum atomic E-state index is 6.07. The first-order valence-corrected chi connectivity index (χ1v) is 9.12. The predicted molar refractivity (Wildman–Crippen MR) is 94.2 cm³/mol. The van der Waals surface area contributed by atoms with E-state index in [1.54, 1.807) is 0 Å². The minimum absolute atomic E-state index is 0.592. The van der Waals surface area contributed by atoms with Gasteiger partial charge in [0.15, 0.2) is 5.96 Å². The number of likely N-dealkylation sites (tertiary alicyclic amines) is 2. The van der Waals surface area contributed by atoms with Gasteiger partial charge < -0.3 is 11.1 Å². The number of rotatable bonds is 7. The van der Waals surface area contributed by atoms with Crippen molar-refractivity contribution in [3.63, 3.8) is 0 Å². The zero-order valence-electron chi connectivity index (χ0n) is 14.7. The molecule has 3 N–H and O–H groups in total. The number of guanidine groups is 1. The number of hydrogen-bond acceptors (Lipinski definition) is 3. The Bertz CT molecular complexity index is 355. The highest BCUT2D eigenvalue weighted by Crippen LogP contribution is 2.18. The summed E-state index contributed by atoms with van der Waals surface area (Å²) < 4.78 is 0. The van der Waals surface area contributed by atoms with Gasteiger partial charge in [0.2, 0.25) is 0 Å². The third kappa shape index (κ3) is 5.13. The highest BCUT2D eigenvalue weighted by Gasteiger charge is 2.25. The number of likely N-dealkylation sites (N-methyl/N-ethyl adjacent to an activating group) is 1. The first-order chi connectivity index (χ1) is 10.6. The van der Waals surface area contributed by atoms with Crippen LogP contribution in [0.4, 0.5) is 0 Å². The smallest absolute Gasteiger partial charge is 0.188 e. The largest absolute Gasteiger partial charge is 0.370 e. The van der Waals surface area contributed by atoms with Gasteiger partial charge in [0.05, 0.1) is 6.54 Å². The van der Waals surface area contributed by atoms with E-state index < -0.39 is 0 Å². The van der Waals surface area contributed by atoms with Crippen LogP contribution in [0, 0.1) is 5.92 Å². The van der Waals surface area contributed by atoms with Gasteiger partial charge in [-0.2, -0.15) is 0 Å². The summed E-state index contributed by atoms with van der Waals surface area (Å²) in [6.45, 7) is 13.4. The molecule has 2 atom stereocenters. The van der Waals surface area contributed by atoms with Crippen LogP contribution in [0.3, 0.4) is 0 Å². The third-order valence-electron chi connectivity index (χ3n) is 5.00. The van der Waals surface area contributed by atoms with Crippen LogP contribution in [0.5, 0.6) is 0 Å². The summed E-state index contributed by atoms with van der Waals surface area (Å²) in [5, 5.41) is 3.35. The Hall–Kier alpha value is -0.810. The number of nitrogens with zero attached hydrogens (tertiary/aromatic N) is 3. The molecule has 0 aromatic heterocycles. The molecule has 0 bridgehead atoms. The molecular weight excluding hydrogens is 274 g/mol. The summed E-state index contributed by atoms with van der Waals surface area (Å²) in [5.74, 6) is 1.35. The number of nitrogens with two attached hydrogens (primary N) is 1. The van der Waals surface area contributed by atoms with Gasteiger partial charge in [0.1, 0.15) is 0 Å². The molecule has 2 aliphatic heterocycles. The second-order valence-corrected chi connectivity index (χ2v) is 7.22. The molecule has 5 nitrogen and oxygen atoms in total.